The molecule has 0 radical (unpaired) electrons. The molecule has 8 rings (SSSR count). The van der Waals surface area contributed by atoms with Crippen molar-refractivity contribution in [1.82, 2.24) is 9.55 Å². The Hall–Kier alpha value is -5.47. The van der Waals surface area contributed by atoms with Gasteiger partial charge in [-0.2, -0.15) is 0 Å². The fourth-order valence-electron chi connectivity index (χ4n) is 6.02. The van der Waals surface area contributed by atoms with Crippen LogP contribution in [-0.2, 0) is 0 Å². The first-order chi connectivity index (χ1) is 20.3. The van der Waals surface area contributed by atoms with Crippen LogP contribution < -0.4 is 0 Å². The summed E-state index contributed by atoms with van der Waals surface area (Å²) in [5, 5.41) is 4.99. The van der Waals surface area contributed by atoms with Gasteiger partial charge in [-0.15, -0.1) is 0 Å². The van der Waals surface area contributed by atoms with E-state index in [1.54, 1.807) is 0 Å². The molecule has 2 heterocycles. The highest BCUT2D eigenvalue weighted by molar-refractivity contribution is 6.21. The van der Waals surface area contributed by atoms with E-state index in [4.69, 9.17) is 4.98 Å². The summed E-state index contributed by atoms with van der Waals surface area (Å²) < 4.78 is 2.32. The van der Waals surface area contributed by atoms with Gasteiger partial charge in [-0.25, -0.2) is 4.98 Å². The van der Waals surface area contributed by atoms with Gasteiger partial charge in [0.1, 0.15) is 5.82 Å². The summed E-state index contributed by atoms with van der Waals surface area (Å²) in [5.74, 6) is 0.912. The first kappa shape index (κ1) is 23.4. The molecule has 192 valence electrons. The Morgan fingerprint density at radius 3 is 1.80 bits per heavy atom. The molecule has 0 unspecified atom stereocenters. The molecule has 0 aliphatic heterocycles. The summed E-state index contributed by atoms with van der Waals surface area (Å²) in [6, 6.07) is 56.0. The second-order valence-electron chi connectivity index (χ2n) is 10.4. The Balaban J connectivity index is 1.33. The van der Waals surface area contributed by atoms with Crippen LogP contribution in [-0.4, -0.2) is 9.55 Å². The van der Waals surface area contributed by atoms with E-state index in [0.717, 1.165) is 28.1 Å². The van der Waals surface area contributed by atoms with Crippen molar-refractivity contribution in [2.45, 2.75) is 0 Å². The van der Waals surface area contributed by atoms with Crippen molar-refractivity contribution in [2.75, 3.05) is 0 Å². The summed E-state index contributed by atoms with van der Waals surface area (Å²) >= 11 is 0. The molecule has 2 aromatic heterocycles. The standard InChI is InChI=1S/C39H26N2/c1-3-10-27(11-4-1)29-18-20-31(21-19-29)35-16-9-17-38(40-35)41-36-25-23-30-14-7-8-15-33(30)39(36)34-24-22-32(26-37(34)41)28-12-5-2-6-13-28/h1-26H. The number of benzene rings is 6. The molecule has 2 heteroatoms. The van der Waals surface area contributed by atoms with Gasteiger partial charge in [0.15, 0.2) is 0 Å². The summed E-state index contributed by atoms with van der Waals surface area (Å²) in [5.41, 5.74) is 9.19. The van der Waals surface area contributed by atoms with Crippen molar-refractivity contribution in [3.05, 3.63) is 158 Å². The van der Waals surface area contributed by atoms with Crippen molar-refractivity contribution in [3.63, 3.8) is 0 Å². The lowest BCUT2D eigenvalue weighted by Gasteiger charge is -2.11. The van der Waals surface area contributed by atoms with E-state index in [0.29, 0.717) is 0 Å². The predicted molar refractivity (Wildman–Crippen MR) is 172 cm³/mol. The Morgan fingerprint density at radius 2 is 1.02 bits per heavy atom. The summed E-state index contributed by atoms with van der Waals surface area (Å²) in [6.07, 6.45) is 0. The van der Waals surface area contributed by atoms with E-state index in [9.17, 15) is 0 Å². The highest BCUT2D eigenvalue weighted by atomic mass is 15.1. The van der Waals surface area contributed by atoms with Crippen molar-refractivity contribution in [2.24, 2.45) is 0 Å². The Morgan fingerprint density at radius 1 is 0.390 bits per heavy atom. The van der Waals surface area contributed by atoms with Crippen LogP contribution in [0.2, 0.25) is 0 Å². The molecule has 0 spiro atoms. The lowest BCUT2D eigenvalue weighted by atomic mass is 10.0. The average molecular weight is 523 g/mol. The molecule has 0 fully saturated rings. The first-order valence-corrected chi connectivity index (χ1v) is 14.0. The van der Waals surface area contributed by atoms with Gasteiger partial charge in [0.05, 0.1) is 16.7 Å². The van der Waals surface area contributed by atoms with Crippen molar-refractivity contribution >= 4 is 32.6 Å². The van der Waals surface area contributed by atoms with E-state index in [-0.39, 0.29) is 0 Å². The van der Waals surface area contributed by atoms with Crippen LogP contribution >= 0.6 is 0 Å². The SMILES string of the molecule is c1ccc(-c2ccc(-c3cccc(-n4c5cc(-c6ccccc6)ccc5c5c6ccccc6ccc54)n3)cc2)cc1. The Labute approximate surface area is 238 Å². The van der Waals surface area contributed by atoms with E-state index in [2.05, 4.69) is 156 Å². The topological polar surface area (TPSA) is 17.8 Å². The number of rotatable bonds is 4. The van der Waals surface area contributed by atoms with Gasteiger partial charge < -0.3 is 0 Å². The summed E-state index contributed by atoms with van der Waals surface area (Å²) in [6.45, 7) is 0. The maximum atomic E-state index is 5.23. The largest absolute Gasteiger partial charge is 0.294 e. The molecule has 0 aliphatic rings. The molecule has 0 saturated carbocycles. The molecule has 0 N–H and O–H groups in total. The zero-order valence-corrected chi connectivity index (χ0v) is 22.4. The number of hydrogen-bond acceptors (Lipinski definition) is 1. The van der Waals surface area contributed by atoms with E-state index >= 15 is 0 Å². The van der Waals surface area contributed by atoms with Gasteiger partial charge in [-0.05, 0) is 57.3 Å². The van der Waals surface area contributed by atoms with Gasteiger partial charge >= 0.3 is 0 Å². The molecule has 0 bridgehead atoms. The monoisotopic (exact) mass is 522 g/mol. The minimum atomic E-state index is 0.912. The second-order valence-corrected chi connectivity index (χ2v) is 10.4. The molecule has 2 nitrogen and oxygen atoms in total. The maximum Gasteiger partial charge on any atom is 0.138 e. The molecule has 0 amide bonds. The number of nitrogens with zero attached hydrogens (tertiary/aromatic N) is 2. The van der Waals surface area contributed by atoms with Crippen LogP contribution in [0.4, 0.5) is 0 Å². The van der Waals surface area contributed by atoms with Gasteiger partial charge in [-0.3, -0.25) is 4.57 Å². The van der Waals surface area contributed by atoms with E-state index < -0.39 is 0 Å². The summed E-state index contributed by atoms with van der Waals surface area (Å²) in [4.78, 5) is 5.23. The number of fused-ring (bicyclic) bond motifs is 5. The Kier molecular flexibility index (Phi) is 5.49. The van der Waals surface area contributed by atoms with Crippen molar-refractivity contribution in [3.8, 4) is 39.3 Å². The van der Waals surface area contributed by atoms with Crippen LogP contribution in [0.25, 0.3) is 71.9 Å². The second kappa shape index (κ2) is 9.62. The third-order valence-electron chi connectivity index (χ3n) is 8.01. The van der Waals surface area contributed by atoms with Crippen LogP contribution in [0.3, 0.4) is 0 Å². The Bertz CT molecular complexity index is 2170. The summed E-state index contributed by atoms with van der Waals surface area (Å²) in [7, 11) is 0. The molecule has 8 aromatic rings. The molecule has 0 aliphatic carbocycles. The molecule has 0 saturated heterocycles. The van der Waals surface area contributed by atoms with Gasteiger partial charge in [0, 0.05) is 16.3 Å². The highest BCUT2D eigenvalue weighted by Gasteiger charge is 2.17. The molecular weight excluding hydrogens is 496 g/mol. The molecule has 0 atom stereocenters. The normalized spacial score (nSPS) is 11.4. The third-order valence-corrected chi connectivity index (χ3v) is 8.01. The van der Waals surface area contributed by atoms with Gasteiger partial charge in [-0.1, -0.05) is 133 Å². The average Bonchev–Trinajstić information content (AvgIpc) is 3.40. The molecular formula is C39H26N2. The minimum absolute atomic E-state index is 0.912. The number of hydrogen-bond donors (Lipinski definition) is 0. The van der Waals surface area contributed by atoms with Crippen molar-refractivity contribution < 1.29 is 0 Å². The van der Waals surface area contributed by atoms with Crippen LogP contribution in [0, 0.1) is 0 Å². The van der Waals surface area contributed by atoms with Gasteiger partial charge in [0.2, 0.25) is 0 Å². The highest BCUT2D eigenvalue weighted by Crippen LogP contribution is 2.38. The molecule has 6 aromatic carbocycles. The number of aromatic nitrogens is 2. The first-order valence-electron chi connectivity index (χ1n) is 14.0. The molecule has 41 heavy (non-hydrogen) atoms. The lowest BCUT2D eigenvalue weighted by Crippen LogP contribution is -1.98. The van der Waals surface area contributed by atoms with Crippen LogP contribution in [0.15, 0.2) is 158 Å². The zero-order valence-electron chi connectivity index (χ0n) is 22.4. The maximum absolute atomic E-state index is 5.23. The smallest absolute Gasteiger partial charge is 0.138 e. The third kappa shape index (κ3) is 4.00. The predicted octanol–water partition coefficient (Wildman–Crippen LogP) is 10.3. The van der Waals surface area contributed by atoms with Crippen LogP contribution in [0.1, 0.15) is 0 Å². The minimum Gasteiger partial charge on any atom is -0.294 e. The quantitative estimate of drug-likeness (QED) is 0.225. The zero-order chi connectivity index (χ0) is 27.2. The lowest BCUT2D eigenvalue weighted by molar-refractivity contribution is 1.08. The van der Waals surface area contributed by atoms with E-state index in [1.807, 2.05) is 6.07 Å². The van der Waals surface area contributed by atoms with Gasteiger partial charge in [0.25, 0.3) is 0 Å². The van der Waals surface area contributed by atoms with E-state index in [1.165, 1.54) is 43.8 Å². The fraction of sp³-hybridized carbons (Fsp3) is 0. The van der Waals surface area contributed by atoms with Crippen LogP contribution in [0.5, 0.6) is 0 Å². The number of pyridine rings is 1. The fourth-order valence-corrected chi connectivity index (χ4v) is 6.02. The van der Waals surface area contributed by atoms with Crippen molar-refractivity contribution in [1.29, 1.82) is 0 Å².